The predicted octanol–water partition coefficient (Wildman–Crippen LogP) is -1.57. The van der Waals surface area contributed by atoms with Gasteiger partial charge in [-0.15, -0.1) is 0 Å². The van der Waals surface area contributed by atoms with E-state index in [0.29, 0.717) is 0 Å². The summed E-state index contributed by atoms with van der Waals surface area (Å²) in [4.78, 5) is 55.1. The van der Waals surface area contributed by atoms with Gasteiger partial charge in [-0.25, -0.2) is 0 Å². The van der Waals surface area contributed by atoms with Gasteiger partial charge in [0, 0.05) is 13.3 Å². The largest absolute Gasteiger partial charge is 0.465 e. The van der Waals surface area contributed by atoms with Crippen molar-refractivity contribution >= 4 is 31.3 Å². The second-order valence-electron chi connectivity index (χ2n) is 4.92. The molecule has 1 heterocycles. The summed E-state index contributed by atoms with van der Waals surface area (Å²) in [6.45, 7) is 2.65. The van der Waals surface area contributed by atoms with Crippen LogP contribution in [0.2, 0.25) is 0 Å². The Bertz CT molecular complexity index is 496. The van der Waals surface area contributed by atoms with Gasteiger partial charge in [0.1, 0.15) is 18.8 Å². The maximum Gasteiger partial charge on any atom is 0.305 e. The SMILES string of the molecule is CCC(=O)NC1C(OC(C)=O)OC(COC=O)[C@H](OC=O)[C@@H]1OC=O. The molecule has 1 amide bonds. The number of hydrogen-bond donors (Lipinski definition) is 1. The number of ether oxygens (including phenoxy) is 5. The molecule has 1 aliphatic heterocycles. The lowest BCUT2D eigenvalue weighted by Gasteiger charge is -2.43. The van der Waals surface area contributed by atoms with Crippen molar-refractivity contribution in [2.24, 2.45) is 0 Å². The number of nitrogens with one attached hydrogen (secondary N) is 1. The van der Waals surface area contributed by atoms with Gasteiger partial charge in [-0.05, 0) is 0 Å². The van der Waals surface area contributed by atoms with E-state index in [0.717, 1.165) is 6.92 Å². The van der Waals surface area contributed by atoms with Crippen molar-refractivity contribution in [1.82, 2.24) is 5.32 Å². The fourth-order valence-corrected chi connectivity index (χ4v) is 2.33. The van der Waals surface area contributed by atoms with Crippen LogP contribution in [0.15, 0.2) is 0 Å². The third-order valence-corrected chi connectivity index (χ3v) is 3.33. The number of amides is 1. The molecule has 0 aromatic carbocycles. The van der Waals surface area contributed by atoms with Gasteiger partial charge >= 0.3 is 5.97 Å². The second-order valence-corrected chi connectivity index (χ2v) is 4.92. The lowest BCUT2D eigenvalue weighted by atomic mass is 9.96. The van der Waals surface area contributed by atoms with Crippen LogP contribution in [-0.2, 0) is 47.7 Å². The lowest BCUT2D eigenvalue weighted by Crippen LogP contribution is -2.66. The van der Waals surface area contributed by atoms with Crippen molar-refractivity contribution < 1.29 is 47.7 Å². The van der Waals surface area contributed by atoms with Crippen LogP contribution in [0.4, 0.5) is 0 Å². The summed E-state index contributed by atoms with van der Waals surface area (Å²) in [5, 5.41) is 2.49. The van der Waals surface area contributed by atoms with E-state index in [1.54, 1.807) is 6.92 Å². The Labute approximate surface area is 142 Å². The Kier molecular flexibility index (Phi) is 8.33. The summed E-state index contributed by atoms with van der Waals surface area (Å²) in [5.41, 5.74) is 0. The topological polar surface area (TPSA) is 144 Å². The van der Waals surface area contributed by atoms with Gasteiger partial charge in [0.15, 0.2) is 12.2 Å². The predicted molar refractivity (Wildman–Crippen MR) is 76.5 cm³/mol. The first kappa shape index (κ1) is 20.4. The first-order chi connectivity index (χ1) is 12.0. The van der Waals surface area contributed by atoms with Crippen LogP contribution in [0, 0.1) is 0 Å². The van der Waals surface area contributed by atoms with E-state index in [1.165, 1.54) is 0 Å². The molecule has 0 bridgehead atoms. The Morgan fingerprint density at radius 1 is 1.08 bits per heavy atom. The molecule has 1 fully saturated rings. The zero-order valence-corrected chi connectivity index (χ0v) is 13.6. The van der Waals surface area contributed by atoms with Crippen molar-refractivity contribution in [3.05, 3.63) is 0 Å². The number of esters is 1. The second kappa shape index (κ2) is 10.2. The molecule has 0 aromatic rings. The molecule has 1 rings (SSSR count). The Balaban J connectivity index is 3.17. The van der Waals surface area contributed by atoms with Crippen LogP contribution < -0.4 is 5.32 Å². The fourth-order valence-electron chi connectivity index (χ4n) is 2.33. The number of rotatable bonds is 10. The number of carbonyl (C=O) groups excluding carboxylic acids is 5. The molecule has 0 radical (unpaired) electrons. The van der Waals surface area contributed by atoms with Gasteiger partial charge in [0.2, 0.25) is 12.2 Å². The summed E-state index contributed by atoms with van der Waals surface area (Å²) in [6, 6.07) is -1.14. The van der Waals surface area contributed by atoms with Crippen LogP contribution >= 0.6 is 0 Å². The highest BCUT2D eigenvalue weighted by atomic mass is 16.7. The fraction of sp³-hybridized carbons (Fsp3) is 0.643. The average Bonchev–Trinajstić information content (AvgIpc) is 2.57. The van der Waals surface area contributed by atoms with Gasteiger partial charge in [-0.1, -0.05) is 6.92 Å². The molecule has 5 atom stereocenters. The summed E-state index contributed by atoms with van der Waals surface area (Å²) < 4.78 is 24.9. The number of carbonyl (C=O) groups is 5. The van der Waals surface area contributed by atoms with Crippen LogP contribution in [0.1, 0.15) is 20.3 Å². The molecular formula is C14H19NO10. The molecule has 25 heavy (non-hydrogen) atoms. The molecule has 11 nitrogen and oxygen atoms in total. The Morgan fingerprint density at radius 2 is 1.72 bits per heavy atom. The standard InChI is InChI=1S/C14H19NO10/c1-3-10(20)15-11-13(23-7-18)12(22-6-17)9(4-21-5-16)25-14(11)24-8(2)19/h5-7,9,11-14H,3-4H2,1-2H3,(H,15,20)/t9?,11?,12-,13+,14?/m0/s1. The summed E-state index contributed by atoms with van der Waals surface area (Å²) in [5.74, 6) is -1.17. The van der Waals surface area contributed by atoms with Crippen LogP contribution in [0.3, 0.4) is 0 Å². The van der Waals surface area contributed by atoms with E-state index in [2.05, 4.69) is 10.1 Å². The maximum absolute atomic E-state index is 11.7. The third-order valence-electron chi connectivity index (χ3n) is 3.33. The van der Waals surface area contributed by atoms with Crippen molar-refractivity contribution in [2.75, 3.05) is 6.61 Å². The normalized spacial score (nSPS) is 28.2. The zero-order valence-electron chi connectivity index (χ0n) is 13.6. The van der Waals surface area contributed by atoms with Crippen LogP contribution in [0.25, 0.3) is 0 Å². The highest BCUT2D eigenvalue weighted by molar-refractivity contribution is 5.76. The smallest absolute Gasteiger partial charge is 0.305 e. The van der Waals surface area contributed by atoms with Gasteiger partial charge in [-0.2, -0.15) is 0 Å². The minimum Gasteiger partial charge on any atom is -0.465 e. The molecule has 1 N–H and O–H groups in total. The average molecular weight is 361 g/mol. The molecule has 140 valence electrons. The third kappa shape index (κ3) is 5.71. The molecule has 0 spiro atoms. The van der Waals surface area contributed by atoms with Crippen molar-refractivity contribution in [3.8, 4) is 0 Å². The monoisotopic (exact) mass is 361 g/mol. The van der Waals surface area contributed by atoms with Gasteiger partial charge in [0.25, 0.3) is 19.4 Å². The highest BCUT2D eigenvalue weighted by Gasteiger charge is 2.51. The molecular weight excluding hydrogens is 342 g/mol. The van der Waals surface area contributed by atoms with Crippen molar-refractivity contribution in [2.45, 2.75) is 50.9 Å². The minimum absolute atomic E-state index is 0.0880. The lowest BCUT2D eigenvalue weighted by molar-refractivity contribution is -0.266. The molecule has 3 unspecified atom stereocenters. The van der Waals surface area contributed by atoms with Gasteiger partial charge < -0.3 is 29.0 Å². The van der Waals surface area contributed by atoms with Gasteiger partial charge in [0.05, 0.1) is 0 Å². The highest BCUT2D eigenvalue weighted by Crippen LogP contribution is 2.26. The maximum atomic E-state index is 11.7. The van der Waals surface area contributed by atoms with Crippen molar-refractivity contribution in [3.63, 3.8) is 0 Å². The Hall–Kier alpha value is -2.69. The van der Waals surface area contributed by atoms with E-state index in [4.69, 9.17) is 18.9 Å². The molecule has 0 saturated carbocycles. The number of hydrogen-bond acceptors (Lipinski definition) is 10. The van der Waals surface area contributed by atoms with E-state index < -0.39 is 42.5 Å². The molecule has 0 aliphatic carbocycles. The van der Waals surface area contributed by atoms with E-state index >= 15 is 0 Å². The Morgan fingerprint density at radius 3 is 2.24 bits per heavy atom. The molecule has 11 heteroatoms. The quantitative estimate of drug-likeness (QED) is 0.275. The summed E-state index contributed by atoms with van der Waals surface area (Å²) in [6.07, 6.45) is -4.81. The summed E-state index contributed by atoms with van der Waals surface area (Å²) in [7, 11) is 0. The first-order valence-electron chi connectivity index (χ1n) is 7.33. The molecule has 1 saturated heterocycles. The molecule has 0 aromatic heterocycles. The van der Waals surface area contributed by atoms with Crippen LogP contribution in [0.5, 0.6) is 0 Å². The minimum atomic E-state index is -1.36. The molecule has 1 aliphatic rings. The first-order valence-corrected chi connectivity index (χ1v) is 7.33. The zero-order chi connectivity index (χ0) is 18.8. The van der Waals surface area contributed by atoms with Gasteiger partial charge in [-0.3, -0.25) is 24.0 Å². The van der Waals surface area contributed by atoms with E-state index in [1.807, 2.05) is 0 Å². The van der Waals surface area contributed by atoms with Crippen LogP contribution in [-0.4, -0.2) is 68.5 Å². The van der Waals surface area contributed by atoms with E-state index in [-0.39, 0.29) is 32.4 Å². The van der Waals surface area contributed by atoms with E-state index in [9.17, 15) is 24.0 Å². The summed E-state index contributed by atoms with van der Waals surface area (Å²) >= 11 is 0. The van der Waals surface area contributed by atoms with Crippen molar-refractivity contribution in [1.29, 1.82) is 0 Å².